The lowest BCUT2D eigenvalue weighted by Gasteiger charge is -2.34. The standard InChI is InChI=1S/C14H16N4O6/c1-15(5-19)9-10(16(2)6-20)12(18(4)8-22)14(24)13(23)11(9)17(3)7-21/h5-8H,1-4H3. The normalized spacial score (nSPS) is 14.3. The first-order chi connectivity index (χ1) is 11.3. The number of likely N-dealkylation sites (N-methyl/N-ethyl adjacent to an activating group) is 4. The molecule has 0 aliphatic heterocycles. The molecule has 0 aromatic rings. The van der Waals surface area contributed by atoms with Crippen molar-refractivity contribution in [2.24, 2.45) is 0 Å². The summed E-state index contributed by atoms with van der Waals surface area (Å²) in [5.74, 6) is -2.17. The predicted octanol–water partition coefficient (Wildman–Crippen LogP) is -2.09. The van der Waals surface area contributed by atoms with Crippen LogP contribution in [0.3, 0.4) is 0 Å². The van der Waals surface area contributed by atoms with Crippen molar-refractivity contribution in [1.82, 2.24) is 19.6 Å². The molecule has 128 valence electrons. The van der Waals surface area contributed by atoms with Crippen molar-refractivity contribution in [3.05, 3.63) is 22.8 Å². The molecule has 10 heteroatoms. The highest BCUT2D eigenvalue weighted by Crippen LogP contribution is 2.31. The van der Waals surface area contributed by atoms with Crippen LogP contribution in [0, 0.1) is 0 Å². The van der Waals surface area contributed by atoms with E-state index in [1.807, 2.05) is 0 Å². The van der Waals surface area contributed by atoms with Gasteiger partial charge in [-0.25, -0.2) is 0 Å². The number of nitrogens with zero attached hydrogens (tertiary/aromatic N) is 4. The van der Waals surface area contributed by atoms with Crippen molar-refractivity contribution in [3.63, 3.8) is 0 Å². The monoisotopic (exact) mass is 336 g/mol. The molecule has 0 unspecified atom stereocenters. The van der Waals surface area contributed by atoms with Gasteiger partial charge in [-0.1, -0.05) is 0 Å². The Morgan fingerprint density at radius 3 is 0.917 bits per heavy atom. The van der Waals surface area contributed by atoms with Gasteiger partial charge >= 0.3 is 0 Å². The number of ketones is 2. The van der Waals surface area contributed by atoms with Crippen molar-refractivity contribution in [2.75, 3.05) is 28.2 Å². The lowest BCUT2D eigenvalue weighted by molar-refractivity contribution is -0.136. The topological polar surface area (TPSA) is 115 Å². The Kier molecular flexibility index (Phi) is 5.71. The smallest absolute Gasteiger partial charge is 0.253 e. The van der Waals surface area contributed by atoms with Crippen LogP contribution < -0.4 is 0 Å². The van der Waals surface area contributed by atoms with Crippen LogP contribution >= 0.6 is 0 Å². The highest BCUT2D eigenvalue weighted by molar-refractivity contribution is 6.50. The molecule has 4 amide bonds. The Bertz CT molecular complexity index is 623. The summed E-state index contributed by atoms with van der Waals surface area (Å²) in [7, 11) is 5.00. The second kappa shape index (κ2) is 7.31. The zero-order valence-electron chi connectivity index (χ0n) is 13.5. The van der Waals surface area contributed by atoms with Gasteiger partial charge in [-0.05, 0) is 0 Å². The highest BCUT2D eigenvalue weighted by atomic mass is 16.2. The van der Waals surface area contributed by atoms with Crippen LogP contribution in [-0.4, -0.2) is 85.0 Å². The number of rotatable bonds is 8. The Balaban J connectivity index is 3.98. The van der Waals surface area contributed by atoms with Gasteiger partial charge in [0.05, 0.1) is 11.4 Å². The fraction of sp³-hybridized carbons (Fsp3) is 0.286. The van der Waals surface area contributed by atoms with E-state index in [1.54, 1.807) is 0 Å². The molecule has 0 radical (unpaired) electrons. The molecule has 0 atom stereocenters. The summed E-state index contributed by atoms with van der Waals surface area (Å²) in [4.78, 5) is 73.0. The quantitative estimate of drug-likeness (QED) is 0.285. The number of Topliss-reactive ketones (excluding diaryl/α,β-unsaturated/α-hetero) is 2. The maximum atomic E-state index is 12.4. The molecule has 0 bridgehead atoms. The van der Waals surface area contributed by atoms with Crippen LogP contribution in [0.5, 0.6) is 0 Å². The summed E-state index contributed by atoms with van der Waals surface area (Å²) in [6, 6.07) is 0. The van der Waals surface area contributed by atoms with E-state index in [1.165, 1.54) is 28.2 Å². The number of carbonyl (C=O) groups is 6. The maximum absolute atomic E-state index is 12.4. The summed E-state index contributed by atoms with van der Waals surface area (Å²) in [6.45, 7) is 0. The second-order valence-corrected chi connectivity index (χ2v) is 4.92. The van der Waals surface area contributed by atoms with E-state index in [2.05, 4.69) is 0 Å². The molecule has 10 nitrogen and oxygen atoms in total. The Hall–Kier alpha value is -3.30. The Labute approximate surface area is 137 Å². The van der Waals surface area contributed by atoms with Gasteiger partial charge in [0.2, 0.25) is 25.6 Å². The first kappa shape index (κ1) is 18.7. The molecule has 0 heterocycles. The minimum absolute atomic E-state index is 0.150. The number of allylic oxidation sites excluding steroid dienone is 2. The molecule has 1 aliphatic rings. The van der Waals surface area contributed by atoms with Crippen molar-refractivity contribution in [2.45, 2.75) is 0 Å². The zero-order chi connectivity index (χ0) is 18.6. The third-order valence-corrected chi connectivity index (χ3v) is 3.35. The van der Waals surface area contributed by atoms with Crippen molar-refractivity contribution in [3.8, 4) is 0 Å². The fourth-order valence-corrected chi connectivity index (χ4v) is 2.19. The van der Waals surface area contributed by atoms with Gasteiger partial charge < -0.3 is 19.6 Å². The lowest BCUT2D eigenvalue weighted by Crippen LogP contribution is -2.44. The number of hydrogen-bond donors (Lipinski definition) is 0. The van der Waals surface area contributed by atoms with Gasteiger partial charge in [0.25, 0.3) is 11.6 Å². The lowest BCUT2D eigenvalue weighted by atomic mass is 9.96. The third-order valence-electron chi connectivity index (χ3n) is 3.35. The van der Waals surface area contributed by atoms with Crippen molar-refractivity contribution >= 4 is 37.2 Å². The molecule has 1 rings (SSSR count). The van der Waals surface area contributed by atoms with Gasteiger partial charge in [0.1, 0.15) is 11.4 Å². The predicted molar refractivity (Wildman–Crippen MR) is 79.4 cm³/mol. The van der Waals surface area contributed by atoms with Crippen molar-refractivity contribution in [1.29, 1.82) is 0 Å². The SMILES string of the molecule is CN(C=O)C1=C(N(C)C=O)C(N(C)C=O)=C(N(C)C=O)C(=O)C1=O. The molecule has 0 aromatic heterocycles. The van der Waals surface area contributed by atoms with Crippen LogP contribution in [0.2, 0.25) is 0 Å². The van der Waals surface area contributed by atoms with Gasteiger partial charge in [-0.15, -0.1) is 0 Å². The van der Waals surface area contributed by atoms with Crippen LogP contribution in [0.15, 0.2) is 22.8 Å². The Morgan fingerprint density at radius 1 is 0.500 bits per heavy atom. The van der Waals surface area contributed by atoms with Gasteiger partial charge in [-0.2, -0.15) is 0 Å². The van der Waals surface area contributed by atoms with E-state index in [-0.39, 0.29) is 35.6 Å². The van der Waals surface area contributed by atoms with Crippen LogP contribution in [0.1, 0.15) is 0 Å². The zero-order valence-corrected chi connectivity index (χ0v) is 13.5. The first-order valence-corrected chi connectivity index (χ1v) is 6.57. The third kappa shape index (κ3) is 2.93. The summed E-state index contributed by atoms with van der Waals surface area (Å²) >= 11 is 0. The molecule has 24 heavy (non-hydrogen) atoms. The van der Waals surface area contributed by atoms with Gasteiger partial charge in [0, 0.05) is 28.2 Å². The largest absolute Gasteiger partial charge is 0.314 e. The average molecular weight is 336 g/mol. The summed E-state index contributed by atoms with van der Waals surface area (Å²) < 4.78 is 0. The van der Waals surface area contributed by atoms with Crippen molar-refractivity contribution < 1.29 is 28.8 Å². The van der Waals surface area contributed by atoms with E-state index in [0.717, 1.165) is 19.6 Å². The van der Waals surface area contributed by atoms with E-state index >= 15 is 0 Å². The summed E-state index contributed by atoms with van der Waals surface area (Å²) in [5, 5.41) is 0. The number of hydrogen-bond acceptors (Lipinski definition) is 6. The van der Waals surface area contributed by atoms with Crippen LogP contribution in [0.25, 0.3) is 0 Å². The second-order valence-electron chi connectivity index (χ2n) is 4.92. The number of amides is 4. The molecule has 0 aromatic carbocycles. The molecular weight excluding hydrogens is 320 g/mol. The average Bonchev–Trinajstić information content (AvgIpc) is 2.60. The van der Waals surface area contributed by atoms with Gasteiger partial charge in [-0.3, -0.25) is 28.8 Å². The minimum Gasteiger partial charge on any atom is -0.314 e. The van der Waals surface area contributed by atoms with Crippen LogP contribution in [0.4, 0.5) is 0 Å². The van der Waals surface area contributed by atoms with E-state index < -0.39 is 11.6 Å². The molecule has 0 N–H and O–H groups in total. The number of carbonyl (C=O) groups excluding carboxylic acids is 6. The molecular formula is C14H16N4O6. The van der Waals surface area contributed by atoms with Gasteiger partial charge in [0.15, 0.2) is 0 Å². The van der Waals surface area contributed by atoms with E-state index in [4.69, 9.17) is 0 Å². The first-order valence-electron chi connectivity index (χ1n) is 6.57. The van der Waals surface area contributed by atoms with E-state index in [0.29, 0.717) is 12.8 Å². The molecule has 0 saturated heterocycles. The fourth-order valence-electron chi connectivity index (χ4n) is 2.19. The highest BCUT2D eigenvalue weighted by Gasteiger charge is 2.41. The Morgan fingerprint density at radius 2 is 0.708 bits per heavy atom. The molecule has 1 aliphatic carbocycles. The summed E-state index contributed by atoms with van der Waals surface area (Å²) in [5.41, 5.74) is -1.06. The minimum atomic E-state index is -1.08. The van der Waals surface area contributed by atoms with E-state index in [9.17, 15) is 28.8 Å². The summed E-state index contributed by atoms with van der Waals surface area (Å²) in [6.07, 6.45) is 1.25. The van der Waals surface area contributed by atoms with Crippen LogP contribution in [-0.2, 0) is 28.8 Å². The molecule has 0 saturated carbocycles. The maximum Gasteiger partial charge on any atom is 0.253 e. The molecule has 0 spiro atoms. The molecule has 0 fully saturated rings.